The molecule has 0 unspecified atom stereocenters. The average Bonchev–Trinajstić information content (AvgIpc) is 2.83. The molecule has 6 nitrogen and oxygen atoms in total. The molecule has 2 atom stereocenters. The monoisotopic (exact) mass is 465 g/mol. The molecule has 2 aromatic rings. The van der Waals surface area contributed by atoms with Gasteiger partial charge in [0.05, 0.1) is 19.3 Å². The van der Waals surface area contributed by atoms with Crippen LogP contribution in [0, 0.1) is 5.82 Å². The highest BCUT2D eigenvalue weighted by molar-refractivity contribution is 6.04. The summed E-state index contributed by atoms with van der Waals surface area (Å²) < 4.78 is 29.3. The summed E-state index contributed by atoms with van der Waals surface area (Å²) >= 11 is 0. The third kappa shape index (κ3) is 4.75. The Bertz CT molecular complexity index is 1130. The molecule has 1 aliphatic carbocycles. The zero-order valence-electron chi connectivity index (χ0n) is 19.5. The number of methoxy groups -OCH3 is 2. The minimum absolute atomic E-state index is 0.00142. The van der Waals surface area contributed by atoms with Crippen LogP contribution in [0.4, 0.5) is 4.39 Å². The van der Waals surface area contributed by atoms with Crippen LogP contribution in [-0.2, 0) is 19.1 Å². The van der Waals surface area contributed by atoms with Crippen LogP contribution in [0.1, 0.15) is 42.7 Å². The Labute approximate surface area is 198 Å². The number of ether oxygens (including phenoxy) is 3. The standard InChI is InChI=1S/C27H28FNO5/c1-16-24(27(31)34-13-12-32-2)25(18-4-8-20(28)9-5-18)26-22(29-16)14-19(15-23(26)30)17-6-10-21(33-3)11-7-17/h4-11,19,25,29H,12-15H2,1-3H3/t19-,25-/m1/s1. The number of allylic oxidation sites excluding steroid dienone is 3. The second-order valence-corrected chi connectivity index (χ2v) is 8.47. The van der Waals surface area contributed by atoms with E-state index in [0.717, 1.165) is 17.0 Å². The Morgan fingerprint density at radius 3 is 2.32 bits per heavy atom. The van der Waals surface area contributed by atoms with Crippen LogP contribution >= 0.6 is 0 Å². The number of carbonyl (C=O) groups is 2. The molecule has 0 fully saturated rings. The molecule has 2 aromatic carbocycles. The smallest absolute Gasteiger partial charge is 0.336 e. The van der Waals surface area contributed by atoms with Crippen LogP contribution in [0.25, 0.3) is 0 Å². The molecule has 0 bridgehead atoms. The highest BCUT2D eigenvalue weighted by Crippen LogP contribution is 2.45. The third-order valence-corrected chi connectivity index (χ3v) is 6.36. The van der Waals surface area contributed by atoms with Crippen molar-refractivity contribution in [2.75, 3.05) is 27.4 Å². The van der Waals surface area contributed by atoms with Gasteiger partial charge < -0.3 is 19.5 Å². The van der Waals surface area contributed by atoms with Gasteiger partial charge in [-0.1, -0.05) is 24.3 Å². The number of ketones is 1. The van der Waals surface area contributed by atoms with Crippen molar-refractivity contribution < 1.29 is 28.2 Å². The maximum absolute atomic E-state index is 13.7. The molecule has 178 valence electrons. The van der Waals surface area contributed by atoms with Crippen molar-refractivity contribution in [3.8, 4) is 5.75 Å². The maximum atomic E-state index is 13.7. The summed E-state index contributed by atoms with van der Waals surface area (Å²) in [7, 11) is 3.14. The van der Waals surface area contributed by atoms with Crippen LogP contribution < -0.4 is 10.1 Å². The van der Waals surface area contributed by atoms with Crippen LogP contribution in [0.2, 0.25) is 0 Å². The van der Waals surface area contributed by atoms with Crippen molar-refractivity contribution in [3.05, 3.63) is 88.0 Å². The minimum Gasteiger partial charge on any atom is -0.497 e. The lowest BCUT2D eigenvalue weighted by atomic mass is 9.72. The molecule has 0 spiro atoms. The highest BCUT2D eigenvalue weighted by Gasteiger charge is 2.41. The predicted octanol–water partition coefficient (Wildman–Crippen LogP) is 4.39. The van der Waals surface area contributed by atoms with E-state index in [1.54, 1.807) is 26.2 Å². The normalized spacial score (nSPS) is 20.1. The molecule has 4 rings (SSSR count). The van der Waals surface area contributed by atoms with Gasteiger partial charge in [-0.3, -0.25) is 4.79 Å². The number of Topliss-reactive ketones (excluding diaryl/α,β-unsaturated/α-hetero) is 1. The number of halogens is 1. The van der Waals surface area contributed by atoms with Crippen molar-refractivity contribution in [3.63, 3.8) is 0 Å². The number of rotatable bonds is 7. The Hall–Kier alpha value is -3.45. The van der Waals surface area contributed by atoms with E-state index in [4.69, 9.17) is 14.2 Å². The molecule has 1 heterocycles. The fourth-order valence-corrected chi connectivity index (χ4v) is 4.71. The molecule has 0 radical (unpaired) electrons. The number of benzene rings is 2. The van der Waals surface area contributed by atoms with E-state index in [0.29, 0.717) is 35.2 Å². The number of dihydropyridines is 1. The third-order valence-electron chi connectivity index (χ3n) is 6.36. The molecular weight excluding hydrogens is 437 g/mol. The predicted molar refractivity (Wildman–Crippen MR) is 125 cm³/mol. The second-order valence-electron chi connectivity index (χ2n) is 8.47. The van der Waals surface area contributed by atoms with Gasteiger partial charge in [0.2, 0.25) is 0 Å². The molecule has 0 saturated heterocycles. The maximum Gasteiger partial charge on any atom is 0.336 e. The summed E-state index contributed by atoms with van der Waals surface area (Å²) in [4.78, 5) is 26.6. The van der Waals surface area contributed by atoms with Crippen molar-refractivity contribution in [1.82, 2.24) is 5.32 Å². The summed E-state index contributed by atoms with van der Waals surface area (Å²) in [5.74, 6) is -0.816. The number of hydrogen-bond donors (Lipinski definition) is 1. The van der Waals surface area contributed by atoms with E-state index in [1.807, 2.05) is 24.3 Å². The van der Waals surface area contributed by atoms with Gasteiger partial charge in [0.1, 0.15) is 18.2 Å². The van der Waals surface area contributed by atoms with Crippen molar-refractivity contribution in [1.29, 1.82) is 0 Å². The lowest BCUT2D eigenvalue weighted by Gasteiger charge is -2.36. The summed E-state index contributed by atoms with van der Waals surface area (Å²) in [6.45, 7) is 2.17. The van der Waals surface area contributed by atoms with Gasteiger partial charge in [0, 0.05) is 36.4 Å². The van der Waals surface area contributed by atoms with E-state index in [9.17, 15) is 14.0 Å². The molecule has 0 amide bonds. The Balaban J connectivity index is 1.72. The molecule has 1 aliphatic heterocycles. The zero-order valence-corrected chi connectivity index (χ0v) is 19.5. The molecule has 0 aromatic heterocycles. The van der Waals surface area contributed by atoms with Gasteiger partial charge in [0.25, 0.3) is 0 Å². The van der Waals surface area contributed by atoms with Gasteiger partial charge in [0.15, 0.2) is 5.78 Å². The summed E-state index contributed by atoms with van der Waals surface area (Å²) in [5, 5.41) is 3.31. The van der Waals surface area contributed by atoms with E-state index < -0.39 is 11.9 Å². The number of carbonyl (C=O) groups excluding carboxylic acids is 2. The van der Waals surface area contributed by atoms with Crippen molar-refractivity contribution in [2.45, 2.75) is 31.6 Å². The van der Waals surface area contributed by atoms with E-state index in [-0.39, 0.29) is 30.7 Å². The quantitative estimate of drug-likeness (QED) is 0.483. The van der Waals surface area contributed by atoms with Crippen LogP contribution in [0.3, 0.4) is 0 Å². The van der Waals surface area contributed by atoms with E-state index in [1.165, 1.54) is 19.2 Å². The number of hydrogen-bond acceptors (Lipinski definition) is 6. The first-order valence-corrected chi connectivity index (χ1v) is 11.2. The van der Waals surface area contributed by atoms with E-state index >= 15 is 0 Å². The molecule has 2 aliphatic rings. The Morgan fingerprint density at radius 2 is 1.68 bits per heavy atom. The lowest BCUT2D eigenvalue weighted by Crippen LogP contribution is -2.36. The summed E-state index contributed by atoms with van der Waals surface area (Å²) in [6.07, 6.45) is 0.935. The van der Waals surface area contributed by atoms with E-state index in [2.05, 4.69) is 5.32 Å². The molecule has 34 heavy (non-hydrogen) atoms. The lowest BCUT2D eigenvalue weighted by molar-refractivity contribution is -0.140. The van der Waals surface area contributed by atoms with Gasteiger partial charge in [-0.2, -0.15) is 0 Å². The topological polar surface area (TPSA) is 73.9 Å². The van der Waals surface area contributed by atoms with Crippen LogP contribution in [0.15, 0.2) is 71.1 Å². The van der Waals surface area contributed by atoms with Crippen molar-refractivity contribution in [2.24, 2.45) is 0 Å². The van der Waals surface area contributed by atoms with Gasteiger partial charge in [-0.15, -0.1) is 0 Å². The first-order chi connectivity index (χ1) is 16.4. The first-order valence-electron chi connectivity index (χ1n) is 11.2. The Morgan fingerprint density at radius 1 is 1.00 bits per heavy atom. The Kier molecular flexibility index (Phi) is 7.12. The first kappa shape index (κ1) is 23.7. The minimum atomic E-state index is -0.629. The largest absolute Gasteiger partial charge is 0.497 e. The van der Waals surface area contributed by atoms with Crippen LogP contribution in [-0.4, -0.2) is 39.2 Å². The van der Waals surface area contributed by atoms with Crippen molar-refractivity contribution >= 4 is 11.8 Å². The SMILES string of the molecule is COCCOC(=O)C1=C(C)NC2=C(C(=O)C[C@H](c3ccc(OC)cc3)C2)[C@@H]1c1ccc(F)cc1. The summed E-state index contributed by atoms with van der Waals surface area (Å²) in [6, 6.07) is 13.6. The second kappa shape index (κ2) is 10.2. The average molecular weight is 466 g/mol. The fourth-order valence-electron chi connectivity index (χ4n) is 4.71. The molecule has 1 N–H and O–H groups in total. The molecule has 7 heteroatoms. The molecular formula is C27H28FNO5. The van der Waals surface area contributed by atoms with Crippen LogP contribution in [0.5, 0.6) is 5.75 Å². The fraction of sp³-hybridized carbons (Fsp3) is 0.333. The highest BCUT2D eigenvalue weighted by atomic mass is 19.1. The zero-order chi connectivity index (χ0) is 24.2. The van der Waals surface area contributed by atoms with Gasteiger partial charge in [-0.05, 0) is 54.7 Å². The number of esters is 1. The van der Waals surface area contributed by atoms with Gasteiger partial charge >= 0.3 is 5.97 Å². The van der Waals surface area contributed by atoms with Gasteiger partial charge in [-0.25, -0.2) is 9.18 Å². The molecule has 0 saturated carbocycles. The summed E-state index contributed by atoms with van der Waals surface area (Å²) in [5.41, 5.74) is 4.03. The number of nitrogens with one attached hydrogen (secondary N) is 1.